The van der Waals surface area contributed by atoms with E-state index in [0.717, 1.165) is 5.52 Å². The second-order valence-electron chi connectivity index (χ2n) is 3.62. The summed E-state index contributed by atoms with van der Waals surface area (Å²) < 4.78 is 5.36. The predicted octanol–water partition coefficient (Wildman–Crippen LogP) is 2.38. The van der Waals surface area contributed by atoms with Crippen LogP contribution in [0.4, 0.5) is 5.69 Å². The van der Waals surface area contributed by atoms with Gasteiger partial charge in [0.15, 0.2) is 11.5 Å². The lowest BCUT2D eigenvalue weighted by Gasteiger charge is -2.02. The number of nitriles is 1. The fourth-order valence-electron chi connectivity index (χ4n) is 1.51. The van der Waals surface area contributed by atoms with Crippen LogP contribution in [0.1, 0.15) is 18.7 Å². The van der Waals surface area contributed by atoms with Crippen molar-refractivity contribution in [2.45, 2.75) is 19.8 Å². The summed E-state index contributed by atoms with van der Waals surface area (Å²) >= 11 is 0. The maximum absolute atomic E-state index is 11.4. The van der Waals surface area contributed by atoms with E-state index in [4.69, 9.17) is 9.68 Å². The van der Waals surface area contributed by atoms with Crippen molar-refractivity contribution >= 4 is 22.7 Å². The van der Waals surface area contributed by atoms with Crippen molar-refractivity contribution in [3.63, 3.8) is 0 Å². The van der Waals surface area contributed by atoms with E-state index in [9.17, 15) is 4.79 Å². The Morgan fingerprint density at radius 1 is 1.59 bits per heavy atom. The molecule has 5 heteroatoms. The van der Waals surface area contributed by atoms with Crippen LogP contribution in [-0.4, -0.2) is 10.9 Å². The lowest BCUT2D eigenvalue weighted by Crippen LogP contribution is -2.10. The third kappa shape index (κ3) is 2.61. The molecule has 1 aromatic heterocycles. The van der Waals surface area contributed by atoms with Crippen molar-refractivity contribution in [2.75, 3.05) is 5.32 Å². The van der Waals surface area contributed by atoms with Crippen LogP contribution in [0.5, 0.6) is 0 Å². The highest BCUT2D eigenvalue weighted by molar-refractivity contribution is 5.92. The number of aryl methyl sites for hydroxylation is 1. The number of nitrogens with one attached hydrogen (secondary N) is 1. The van der Waals surface area contributed by atoms with Gasteiger partial charge in [0.2, 0.25) is 5.91 Å². The largest absolute Gasteiger partial charge is 0.441 e. The smallest absolute Gasteiger partial charge is 0.225 e. The number of amides is 1. The lowest BCUT2D eigenvalue weighted by molar-refractivity contribution is -0.116. The Bertz CT molecular complexity index is 595. The molecule has 0 saturated carbocycles. The fraction of sp³-hybridized carbons (Fsp3) is 0.250. The number of carbonyl (C=O) groups excluding carboxylic acids is 1. The average molecular weight is 229 g/mol. The number of aromatic nitrogens is 1. The molecule has 1 aromatic carbocycles. The Kier molecular flexibility index (Phi) is 3.06. The summed E-state index contributed by atoms with van der Waals surface area (Å²) in [4.78, 5) is 15.6. The molecule has 86 valence electrons. The molecule has 1 amide bonds. The predicted molar refractivity (Wildman–Crippen MR) is 62.2 cm³/mol. The van der Waals surface area contributed by atoms with Gasteiger partial charge in [0.1, 0.15) is 5.52 Å². The molecule has 2 rings (SSSR count). The minimum atomic E-state index is -0.179. The first kappa shape index (κ1) is 11.1. The zero-order chi connectivity index (χ0) is 12.3. The number of rotatable bonds is 3. The van der Waals surface area contributed by atoms with Crippen LogP contribution in [0.3, 0.4) is 0 Å². The first-order valence-corrected chi connectivity index (χ1v) is 5.23. The number of benzene rings is 1. The first-order chi connectivity index (χ1) is 8.19. The van der Waals surface area contributed by atoms with Crippen molar-refractivity contribution < 1.29 is 9.21 Å². The molecule has 0 unspecified atom stereocenters. The molecule has 2 aromatic rings. The van der Waals surface area contributed by atoms with Crippen molar-refractivity contribution in [2.24, 2.45) is 0 Å². The van der Waals surface area contributed by atoms with Gasteiger partial charge < -0.3 is 9.73 Å². The van der Waals surface area contributed by atoms with Crippen LogP contribution >= 0.6 is 0 Å². The maximum Gasteiger partial charge on any atom is 0.225 e. The summed E-state index contributed by atoms with van der Waals surface area (Å²) in [5.74, 6) is 0.412. The average Bonchev–Trinajstić information content (AvgIpc) is 2.65. The quantitative estimate of drug-likeness (QED) is 0.876. The standard InChI is InChI=1S/C12H11N3O2/c1-8-14-10-5-4-9(7-11(10)17-8)15-12(16)3-2-6-13/h4-5,7H,2-3H2,1H3,(H,15,16). The Hall–Kier alpha value is -2.35. The molecule has 1 heterocycles. The number of nitrogens with zero attached hydrogens (tertiary/aromatic N) is 2. The zero-order valence-corrected chi connectivity index (χ0v) is 9.36. The number of anilines is 1. The molecule has 0 atom stereocenters. The van der Waals surface area contributed by atoms with Gasteiger partial charge in [0.05, 0.1) is 6.07 Å². The van der Waals surface area contributed by atoms with Crippen LogP contribution in [0.2, 0.25) is 0 Å². The van der Waals surface area contributed by atoms with Crippen LogP contribution in [-0.2, 0) is 4.79 Å². The van der Waals surface area contributed by atoms with Crippen molar-refractivity contribution in [3.05, 3.63) is 24.1 Å². The molecular weight excluding hydrogens is 218 g/mol. The Morgan fingerprint density at radius 2 is 2.41 bits per heavy atom. The second-order valence-corrected chi connectivity index (χ2v) is 3.62. The van der Waals surface area contributed by atoms with Crippen LogP contribution in [0.25, 0.3) is 11.1 Å². The normalized spacial score (nSPS) is 10.1. The molecule has 17 heavy (non-hydrogen) atoms. The van der Waals surface area contributed by atoms with E-state index < -0.39 is 0 Å². The van der Waals surface area contributed by atoms with E-state index in [0.29, 0.717) is 17.2 Å². The van der Waals surface area contributed by atoms with E-state index in [2.05, 4.69) is 10.3 Å². The monoisotopic (exact) mass is 229 g/mol. The number of oxazole rings is 1. The van der Waals surface area contributed by atoms with Gasteiger partial charge in [-0.1, -0.05) is 0 Å². The van der Waals surface area contributed by atoms with E-state index in [1.807, 2.05) is 6.07 Å². The van der Waals surface area contributed by atoms with Crippen molar-refractivity contribution in [3.8, 4) is 6.07 Å². The van der Waals surface area contributed by atoms with Gasteiger partial charge >= 0.3 is 0 Å². The summed E-state index contributed by atoms with van der Waals surface area (Å²) in [6, 6.07) is 7.19. The van der Waals surface area contributed by atoms with Gasteiger partial charge in [-0.2, -0.15) is 5.26 Å². The minimum Gasteiger partial charge on any atom is -0.441 e. The SMILES string of the molecule is Cc1nc2ccc(NC(=O)CCC#N)cc2o1. The molecule has 0 saturated heterocycles. The minimum absolute atomic E-state index is 0.179. The van der Waals surface area contributed by atoms with Gasteiger partial charge in [-0.05, 0) is 12.1 Å². The molecule has 0 aliphatic carbocycles. The van der Waals surface area contributed by atoms with Gasteiger partial charge in [-0.15, -0.1) is 0 Å². The van der Waals surface area contributed by atoms with E-state index in [-0.39, 0.29) is 18.7 Å². The molecular formula is C12H11N3O2. The van der Waals surface area contributed by atoms with Crippen molar-refractivity contribution in [1.82, 2.24) is 4.98 Å². The summed E-state index contributed by atoms with van der Waals surface area (Å²) in [5, 5.41) is 11.1. The second kappa shape index (κ2) is 4.66. The number of hydrogen-bond donors (Lipinski definition) is 1. The molecule has 0 spiro atoms. The number of carbonyl (C=O) groups is 1. The maximum atomic E-state index is 11.4. The van der Waals surface area contributed by atoms with Crippen LogP contribution < -0.4 is 5.32 Å². The van der Waals surface area contributed by atoms with Gasteiger partial charge in [-0.3, -0.25) is 4.79 Å². The molecule has 0 fully saturated rings. The summed E-state index contributed by atoms with van der Waals surface area (Å²) in [7, 11) is 0. The highest BCUT2D eigenvalue weighted by atomic mass is 16.3. The van der Waals surface area contributed by atoms with Gasteiger partial charge in [-0.25, -0.2) is 4.98 Å². The van der Waals surface area contributed by atoms with Crippen LogP contribution in [0, 0.1) is 18.3 Å². The number of fused-ring (bicyclic) bond motifs is 1. The van der Waals surface area contributed by atoms with Crippen molar-refractivity contribution in [1.29, 1.82) is 5.26 Å². The zero-order valence-electron chi connectivity index (χ0n) is 9.36. The van der Waals surface area contributed by atoms with Crippen LogP contribution in [0.15, 0.2) is 22.6 Å². The lowest BCUT2D eigenvalue weighted by atomic mass is 10.2. The highest BCUT2D eigenvalue weighted by Gasteiger charge is 2.05. The third-order valence-corrected chi connectivity index (χ3v) is 2.24. The highest BCUT2D eigenvalue weighted by Crippen LogP contribution is 2.19. The molecule has 0 radical (unpaired) electrons. The van der Waals surface area contributed by atoms with E-state index in [1.165, 1.54) is 0 Å². The summed E-state index contributed by atoms with van der Waals surface area (Å²) in [6.07, 6.45) is 0.416. The topological polar surface area (TPSA) is 78.9 Å². The Balaban J connectivity index is 2.14. The molecule has 1 N–H and O–H groups in total. The summed E-state index contributed by atoms with van der Waals surface area (Å²) in [6.45, 7) is 1.77. The van der Waals surface area contributed by atoms with Gasteiger partial charge in [0.25, 0.3) is 0 Å². The molecule has 5 nitrogen and oxygen atoms in total. The van der Waals surface area contributed by atoms with Gasteiger partial charge in [0, 0.05) is 31.5 Å². The fourth-order valence-corrected chi connectivity index (χ4v) is 1.51. The molecule has 0 aliphatic rings. The summed E-state index contributed by atoms with van der Waals surface area (Å²) in [5.41, 5.74) is 2.05. The molecule has 0 aliphatic heterocycles. The number of hydrogen-bond acceptors (Lipinski definition) is 4. The Labute approximate surface area is 98.1 Å². The third-order valence-electron chi connectivity index (χ3n) is 2.24. The van der Waals surface area contributed by atoms with E-state index >= 15 is 0 Å². The molecule has 0 bridgehead atoms. The van der Waals surface area contributed by atoms with E-state index in [1.54, 1.807) is 25.1 Å². The Morgan fingerprint density at radius 3 is 3.18 bits per heavy atom. The first-order valence-electron chi connectivity index (χ1n) is 5.23.